The number of nitrogens with one attached hydrogen (secondary N) is 2. The lowest BCUT2D eigenvalue weighted by Crippen LogP contribution is -2.30. The Balaban J connectivity index is 1.71. The molecule has 3 rings (SSSR count). The molecule has 0 amide bonds. The maximum Gasteiger partial charge on any atom is 0.336 e. The van der Waals surface area contributed by atoms with E-state index in [-0.39, 0.29) is 17.2 Å². The molecule has 0 aliphatic carbocycles. The van der Waals surface area contributed by atoms with E-state index in [1.807, 2.05) is 13.8 Å². The SMILES string of the molecule is CNc1ccc(S(=O)(=O)NCC(=O)OCc2cc(=O)oc3cc(C)c(C)cc23)cc1[N+](=O)[O-]. The number of hydrogen-bond donors (Lipinski definition) is 2. The Kier molecular flexibility index (Phi) is 6.79. The fraction of sp³-hybridized carbons (Fsp3) is 0.238. The first-order valence-electron chi connectivity index (χ1n) is 9.67. The highest BCUT2D eigenvalue weighted by molar-refractivity contribution is 7.89. The van der Waals surface area contributed by atoms with E-state index in [9.17, 15) is 28.1 Å². The molecule has 0 unspecified atom stereocenters. The Labute approximate surface area is 188 Å². The van der Waals surface area contributed by atoms with Crippen molar-refractivity contribution in [2.75, 3.05) is 18.9 Å². The highest BCUT2D eigenvalue weighted by Gasteiger charge is 2.22. The molecule has 1 heterocycles. The smallest absolute Gasteiger partial charge is 0.336 e. The average molecular weight is 475 g/mol. The number of esters is 1. The van der Waals surface area contributed by atoms with Gasteiger partial charge in [-0.15, -0.1) is 0 Å². The number of carbonyl (C=O) groups is 1. The van der Waals surface area contributed by atoms with Gasteiger partial charge in [-0.3, -0.25) is 14.9 Å². The maximum atomic E-state index is 12.5. The van der Waals surface area contributed by atoms with Gasteiger partial charge >= 0.3 is 11.6 Å². The summed E-state index contributed by atoms with van der Waals surface area (Å²) < 4.78 is 37.3. The van der Waals surface area contributed by atoms with Crippen LogP contribution in [0.4, 0.5) is 11.4 Å². The van der Waals surface area contributed by atoms with E-state index in [2.05, 4.69) is 10.0 Å². The van der Waals surface area contributed by atoms with Gasteiger partial charge in [-0.2, -0.15) is 4.72 Å². The van der Waals surface area contributed by atoms with Crippen LogP contribution >= 0.6 is 0 Å². The van der Waals surface area contributed by atoms with E-state index in [1.165, 1.54) is 25.2 Å². The summed E-state index contributed by atoms with van der Waals surface area (Å²) in [7, 11) is -2.75. The van der Waals surface area contributed by atoms with E-state index >= 15 is 0 Å². The summed E-state index contributed by atoms with van der Waals surface area (Å²) in [6, 6.07) is 8.04. The molecule has 2 N–H and O–H groups in total. The fourth-order valence-electron chi connectivity index (χ4n) is 3.09. The number of sulfonamides is 1. The van der Waals surface area contributed by atoms with E-state index in [0.717, 1.165) is 17.2 Å². The van der Waals surface area contributed by atoms with Crippen molar-refractivity contribution in [1.29, 1.82) is 0 Å². The lowest BCUT2D eigenvalue weighted by molar-refractivity contribution is -0.384. The van der Waals surface area contributed by atoms with Crippen LogP contribution in [0.5, 0.6) is 0 Å². The molecule has 33 heavy (non-hydrogen) atoms. The maximum absolute atomic E-state index is 12.5. The Bertz CT molecular complexity index is 1410. The third kappa shape index (κ3) is 5.35. The monoisotopic (exact) mass is 475 g/mol. The van der Waals surface area contributed by atoms with E-state index < -0.39 is 38.8 Å². The molecule has 11 nitrogen and oxygen atoms in total. The van der Waals surface area contributed by atoms with Crippen LogP contribution < -0.4 is 15.7 Å². The zero-order chi connectivity index (χ0) is 24.3. The van der Waals surface area contributed by atoms with Gasteiger partial charge in [-0.05, 0) is 49.2 Å². The van der Waals surface area contributed by atoms with Gasteiger partial charge in [-0.1, -0.05) is 0 Å². The predicted octanol–water partition coefficient (Wildman–Crippen LogP) is 2.38. The Hall–Kier alpha value is -3.77. The first-order valence-corrected chi connectivity index (χ1v) is 11.2. The average Bonchev–Trinajstić information content (AvgIpc) is 2.76. The van der Waals surface area contributed by atoms with Crippen molar-refractivity contribution in [2.45, 2.75) is 25.3 Å². The molecule has 0 spiro atoms. The van der Waals surface area contributed by atoms with Gasteiger partial charge in [0.2, 0.25) is 10.0 Å². The van der Waals surface area contributed by atoms with Crippen LogP contribution in [-0.2, 0) is 26.2 Å². The third-order valence-corrected chi connectivity index (χ3v) is 6.38. The summed E-state index contributed by atoms with van der Waals surface area (Å²) >= 11 is 0. The van der Waals surface area contributed by atoms with Crippen molar-refractivity contribution in [3.05, 3.63) is 73.6 Å². The van der Waals surface area contributed by atoms with Crippen LogP contribution in [0.1, 0.15) is 16.7 Å². The molecule has 0 radical (unpaired) electrons. The lowest BCUT2D eigenvalue weighted by atomic mass is 10.0. The zero-order valence-corrected chi connectivity index (χ0v) is 18.8. The topological polar surface area (TPSA) is 158 Å². The van der Waals surface area contributed by atoms with Crippen LogP contribution in [0.25, 0.3) is 11.0 Å². The number of benzene rings is 2. The van der Waals surface area contributed by atoms with Gasteiger partial charge in [-0.25, -0.2) is 13.2 Å². The second-order valence-electron chi connectivity index (χ2n) is 7.19. The van der Waals surface area contributed by atoms with Crippen molar-refractivity contribution >= 4 is 38.3 Å². The number of nitrogens with zero attached hydrogens (tertiary/aromatic N) is 1. The molecule has 0 atom stereocenters. The van der Waals surface area contributed by atoms with E-state index in [4.69, 9.17) is 9.15 Å². The number of ether oxygens (including phenoxy) is 1. The van der Waals surface area contributed by atoms with Crippen molar-refractivity contribution < 1.29 is 27.3 Å². The predicted molar refractivity (Wildman–Crippen MR) is 120 cm³/mol. The van der Waals surface area contributed by atoms with E-state index in [0.29, 0.717) is 16.5 Å². The molecule has 1 aromatic heterocycles. The Morgan fingerprint density at radius 1 is 1.15 bits per heavy atom. The normalized spacial score (nSPS) is 11.4. The lowest BCUT2D eigenvalue weighted by Gasteiger charge is -2.10. The quantitative estimate of drug-likeness (QED) is 0.216. The minimum absolute atomic E-state index is 0.142. The molecule has 0 fully saturated rings. The second kappa shape index (κ2) is 9.38. The van der Waals surface area contributed by atoms with Crippen LogP contribution in [0, 0.1) is 24.0 Å². The molecule has 0 saturated carbocycles. The van der Waals surface area contributed by atoms with Crippen molar-refractivity contribution in [1.82, 2.24) is 4.72 Å². The van der Waals surface area contributed by atoms with Gasteiger partial charge in [0, 0.05) is 30.1 Å². The first-order chi connectivity index (χ1) is 15.5. The zero-order valence-electron chi connectivity index (χ0n) is 18.0. The standard InChI is InChI=1S/C21H21N3O8S/c1-12-6-16-14(8-20(25)32-19(16)7-13(12)2)11-31-21(26)10-23-33(29,30)15-4-5-17(22-3)18(9-15)24(27)28/h4-9,22-23H,10-11H2,1-3H3. The highest BCUT2D eigenvalue weighted by Crippen LogP contribution is 2.27. The number of hydrogen-bond acceptors (Lipinski definition) is 9. The van der Waals surface area contributed by atoms with Crippen molar-refractivity contribution in [3.63, 3.8) is 0 Å². The number of nitro benzene ring substituents is 1. The fourth-order valence-corrected chi connectivity index (χ4v) is 4.08. The van der Waals surface area contributed by atoms with Gasteiger partial charge in [0.05, 0.1) is 9.82 Å². The van der Waals surface area contributed by atoms with Crippen LogP contribution in [0.15, 0.2) is 50.5 Å². The summed E-state index contributed by atoms with van der Waals surface area (Å²) in [4.78, 5) is 34.0. The summed E-state index contributed by atoms with van der Waals surface area (Å²) in [5.41, 5.74) is 1.76. The molecule has 3 aromatic rings. The van der Waals surface area contributed by atoms with Gasteiger partial charge < -0.3 is 14.5 Å². The van der Waals surface area contributed by atoms with Gasteiger partial charge in [0.15, 0.2) is 0 Å². The van der Waals surface area contributed by atoms with Crippen LogP contribution in [-0.4, -0.2) is 32.9 Å². The molecule has 0 aliphatic heterocycles. The van der Waals surface area contributed by atoms with Gasteiger partial charge in [0.25, 0.3) is 5.69 Å². The number of fused-ring (bicyclic) bond motifs is 1. The summed E-state index contributed by atoms with van der Waals surface area (Å²) in [6.45, 7) is 2.78. The molecule has 174 valence electrons. The molecular formula is C21H21N3O8S. The minimum Gasteiger partial charge on any atom is -0.460 e. The molecule has 0 aliphatic rings. The summed E-state index contributed by atoms with van der Waals surface area (Å²) in [6.07, 6.45) is 0. The Morgan fingerprint density at radius 3 is 2.52 bits per heavy atom. The number of nitro groups is 1. The van der Waals surface area contributed by atoms with Gasteiger partial charge in [0.1, 0.15) is 24.4 Å². The summed E-state index contributed by atoms with van der Waals surface area (Å²) in [5, 5.41) is 14.4. The minimum atomic E-state index is -4.22. The van der Waals surface area contributed by atoms with Crippen LogP contribution in [0.2, 0.25) is 0 Å². The second-order valence-corrected chi connectivity index (χ2v) is 8.96. The molecular weight excluding hydrogens is 454 g/mol. The van der Waals surface area contributed by atoms with Crippen LogP contribution in [0.3, 0.4) is 0 Å². The number of rotatable bonds is 8. The third-order valence-electron chi connectivity index (χ3n) is 4.99. The highest BCUT2D eigenvalue weighted by atomic mass is 32.2. The Morgan fingerprint density at radius 2 is 1.85 bits per heavy atom. The molecule has 12 heteroatoms. The first kappa shape index (κ1) is 23.9. The largest absolute Gasteiger partial charge is 0.460 e. The molecule has 2 aromatic carbocycles. The number of carbonyl (C=O) groups excluding carboxylic acids is 1. The molecule has 0 bridgehead atoms. The number of anilines is 1. The summed E-state index contributed by atoms with van der Waals surface area (Å²) in [5.74, 6) is -0.898. The number of aryl methyl sites for hydroxylation is 2. The molecule has 0 saturated heterocycles. The van der Waals surface area contributed by atoms with E-state index in [1.54, 1.807) is 12.1 Å². The van der Waals surface area contributed by atoms with Crippen molar-refractivity contribution in [3.8, 4) is 0 Å². The van der Waals surface area contributed by atoms with Crippen molar-refractivity contribution in [2.24, 2.45) is 0 Å².